The number of sulfonamides is 1. The minimum absolute atomic E-state index is 0.0839. The van der Waals surface area contributed by atoms with E-state index in [1.807, 2.05) is 0 Å². The topological polar surface area (TPSA) is 66.5 Å². The fourth-order valence-electron chi connectivity index (χ4n) is 2.48. The zero-order valence-corrected chi connectivity index (χ0v) is 16.3. The number of amides is 1. The molecule has 0 aliphatic heterocycles. The number of nitrogens with one attached hydrogen (secondary N) is 1. The van der Waals surface area contributed by atoms with Gasteiger partial charge in [0.05, 0.1) is 10.6 Å². The SMILES string of the molecule is CN(c1cccc(C(=O)Nc2ccc(F)cc2)c1)S(=O)(=O)c1ccc(Cl)cc1. The van der Waals surface area contributed by atoms with Gasteiger partial charge in [0.25, 0.3) is 15.9 Å². The van der Waals surface area contributed by atoms with E-state index >= 15 is 0 Å². The first-order valence-electron chi connectivity index (χ1n) is 8.19. The summed E-state index contributed by atoms with van der Waals surface area (Å²) in [6, 6.07) is 17.4. The van der Waals surface area contributed by atoms with Gasteiger partial charge in [-0.25, -0.2) is 12.8 Å². The van der Waals surface area contributed by atoms with E-state index in [4.69, 9.17) is 11.6 Å². The minimum Gasteiger partial charge on any atom is -0.322 e. The van der Waals surface area contributed by atoms with Crippen molar-refractivity contribution in [3.63, 3.8) is 0 Å². The number of rotatable bonds is 5. The molecule has 144 valence electrons. The van der Waals surface area contributed by atoms with Gasteiger partial charge in [-0.2, -0.15) is 0 Å². The van der Waals surface area contributed by atoms with E-state index in [1.165, 1.54) is 61.6 Å². The first-order chi connectivity index (χ1) is 13.3. The second-order valence-electron chi connectivity index (χ2n) is 5.94. The molecule has 3 aromatic rings. The van der Waals surface area contributed by atoms with E-state index in [1.54, 1.807) is 18.2 Å². The van der Waals surface area contributed by atoms with Crippen LogP contribution in [-0.2, 0) is 10.0 Å². The van der Waals surface area contributed by atoms with Gasteiger partial charge in [0.2, 0.25) is 0 Å². The van der Waals surface area contributed by atoms with Crippen LogP contribution in [-0.4, -0.2) is 21.4 Å². The number of hydrogen-bond acceptors (Lipinski definition) is 3. The molecule has 0 heterocycles. The first-order valence-corrected chi connectivity index (χ1v) is 10.0. The van der Waals surface area contributed by atoms with Crippen molar-refractivity contribution in [3.8, 4) is 0 Å². The minimum atomic E-state index is -3.81. The van der Waals surface area contributed by atoms with E-state index < -0.39 is 21.7 Å². The second kappa shape index (κ2) is 8.00. The van der Waals surface area contributed by atoms with E-state index in [9.17, 15) is 17.6 Å². The summed E-state index contributed by atoms with van der Waals surface area (Å²) in [6.45, 7) is 0. The molecule has 0 atom stereocenters. The normalized spacial score (nSPS) is 11.1. The summed E-state index contributed by atoms with van der Waals surface area (Å²) >= 11 is 5.82. The Labute approximate surface area is 167 Å². The molecule has 0 bridgehead atoms. The summed E-state index contributed by atoms with van der Waals surface area (Å²) in [6.07, 6.45) is 0. The van der Waals surface area contributed by atoms with Crippen LogP contribution in [0.2, 0.25) is 5.02 Å². The van der Waals surface area contributed by atoms with Gasteiger partial charge in [0.15, 0.2) is 0 Å². The standard InChI is InChI=1S/C20H16ClFN2O3S/c1-24(28(26,27)19-11-5-15(21)6-12-19)18-4-2-3-14(13-18)20(25)23-17-9-7-16(22)8-10-17/h2-13H,1H3,(H,23,25). The molecule has 3 rings (SSSR count). The maximum atomic E-state index is 13.0. The van der Waals surface area contributed by atoms with Crippen LogP contribution in [0.25, 0.3) is 0 Å². The molecule has 3 aromatic carbocycles. The lowest BCUT2D eigenvalue weighted by molar-refractivity contribution is 0.102. The molecule has 0 radical (unpaired) electrons. The Morgan fingerprint density at radius 2 is 1.64 bits per heavy atom. The third kappa shape index (κ3) is 4.32. The van der Waals surface area contributed by atoms with Gasteiger partial charge in [0, 0.05) is 23.3 Å². The van der Waals surface area contributed by atoms with Crippen LogP contribution in [0.4, 0.5) is 15.8 Å². The van der Waals surface area contributed by atoms with Crippen LogP contribution in [0.3, 0.4) is 0 Å². The zero-order chi connectivity index (χ0) is 20.3. The molecule has 1 N–H and O–H groups in total. The average molecular weight is 419 g/mol. The lowest BCUT2D eigenvalue weighted by Gasteiger charge is -2.20. The Balaban J connectivity index is 1.84. The van der Waals surface area contributed by atoms with E-state index in [0.717, 1.165) is 4.31 Å². The fourth-order valence-corrected chi connectivity index (χ4v) is 3.80. The summed E-state index contributed by atoms with van der Waals surface area (Å²) in [5.74, 6) is -0.847. The van der Waals surface area contributed by atoms with Crippen molar-refractivity contribution in [2.45, 2.75) is 4.90 Å². The summed E-state index contributed by atoms with van der Waals surface area (Å²) in [4.78, 5) is 12.5. The van der Waals surface area contributed by atoms with Gasteiger partial charge in [-0.15, -0.1) is 0 Å². The third-order valence-electron chi connectivity index (χ3n) is 4.05. The quantitative estimate of drug-likeness (QED) is 0.660. The highest BCUT2D eigenvalue weighted by Crippen LogP contribution is 2.24. The molecular formula is C20H16ClFN2O3S. The predicted octanol–water partition coefficient (Wildman–Crippen LogP) is 4.56. The molecule has 1 amide bonds. The molecular weight excluding hydrogens is 403 g/mol. The van der Waals surface area contributed by atoms with Crippen molar-refractivity contribution in [1.82, 2.24) is 0 Å². The Morgan fingerprint density at radius 3 is 2.29 bits per heavy atom. The van der Waals surface area contributed by atoms with E-state index in [0.29, 0.717) is 16.4 Å². The molecule has 28 heavy (non-hydrogen) atoms. The van der Waals surface area contributed by atoms with Gasteiger partial charge in [-0.1, -0.05) is 17.7 Å². The molecule has 0 aliphatic rings. The van der Waals surface area contributed by atoms with Crippen LogP contribution >= 0.6 is 11.6 Å². The monoisotopic (exact) mass is 418 g/mol. The summed E-state index contributed by atoms with van der Waals surface area (Å²) in [7, 11) is -2.41. The van der Waals surface area contributed by atoms with E-state index in [-0.39, 0.29) is 10.5 Å². The van der Waals surface area contributed by atoms with Crippen molar-refractivity contribution >= 4 is 38.9 Å². The summed E-state index contributed by atoms with van der Waals surface area (Å²) in [5, 5.41) is 3.07. The lowest BCUT2D eigenvalue weighted by Crippen LogP contribution is -2.26. The number of carbonyl (C=O) groups is 1. The first kappa shape index (κ1) is 19.9. The van der Waals surface area contributed by atoms with Gasteiger partial charge >= 0.3 is 0 Å². The largest absolute Gasteiger partial charge is 0.322 e. The average Bonchev–Trinajstić information content (AvgIpc) is 2.69. The molecule has 0 spiro atoms. The number of carbonyl (C=O) groups excluding carboxylic acids is 1. The molecule has 0 fully saturated rings. The summed E-state index contributed by atoms with van der Waals surface area (Å²) in [5.41, 5.74) is 1.01. The molecule has 0 aromatic heterocycles. The van der Waals surface area contributed by atoms with Crippen molar-refractivity contribution in [3.05, 3.63) is 89.2 Å². The smallest absolute Gasteiger partial charge is 0.264 e. The highest BCUT2D eigenvalue weighted by molar-refractivity contribution is 7.92. The number of hydrogen-bond donors (Lipinski definition) is 1. The van der Waals surface area contributed by atoms with Crippen LogP contribution < -0.4 is 9.62 Å². The third-order valence-corrected chi connectivity index (χ3v) is 6.10. The van der Waals surface area contributed by atoms with E-state index in [2.05, 4.69) is 5.32 Å². The van der Waals surface area contributed by atoms with Gasteiger partial charge in [0.1, 0.15) is 5.82 Å². The van der Waals surface area contributed by atoms with Crippen molar-refractivity contribution < 1.29 is 17.6 Å². The highest BCUT2D eigenvalue weighted by atomic mass is 35.5. The maximum absolute atomic E-state index is 13.0. The molecule has 0 saturated carbocycles. The van der Waals surface area contributed by atoms with Crippen molar-refractivity contribution in [2.75, 3.05) is 16.7 Å². The van der Waals surface area contributed by atoms with Gasteiger partial charge in [-0.3, -0.25) is 9.10 Å². The maximum Gasteiger partial charge on any atom is 0.264 e. The highest BCUT2D eigenvalue weighted by Gasteiger charge is 2.22. The Kier molecular flexibility index (Phi) is 5.67. The molecule has 0 unspecified atom stereocenters. The Morgan fingerprint density at radius 1 is 1.00 bits per heavy atom. The van der Waals surface area contributed by atoms with Crippen LogP contribution in [0.15, 0.2) is 77.7 Å². The van der Waals surface area contributed by atoms with Crippen molar-refractivity contribution in [2.24, 2.45) is 0 Å². The molecule has 8 heteroatoms. The molecule has 5 nitrogen and oxygen atoms in total. The number of nitrogens with zero attached hydrogens (tertiary/aromatic N) is 1. The molecule has 0 aliphatic carbocycles. The second-order valence-corrected chi connectivity index (χ2v) is 8.34. The van der Waals surface area contributed by atoms with Gasteiger partial charge in [-0.05, 0) is 66.7 Å². The van der Waals surface area contributed by atoms with Crippen molar-refractivity contribution in [1.29, 1.82) is 0 Å². The zero-order valence-electron chi connectivity index (χ0n) is 14.8. The lowest BCUT2D eigenvalue weighted by atomic mass is 10.2. The predicted molar refractivity (Wildman–Crippen MR) is 108 cm³/mol. The number of benzene rings is 3. The van der Waals surface area contributed by atoms with Gasteiger partial charge < -0.3 is 5.32 Å². The van der Waals surface area contributed by atoms with Crippen LogP contribution in [0.5, 0.6) is 0 Å². The van der Waals surface area contributed by atoms with Crippen LogP contribution in [0.1, 0.15) is 10.4 Å². The number of anilines is 2. The molecule has 0 saturated heterocycles. The summed E-state index contributed by atoms with van der Waals surface area (Å²) < 4.78 is 39.7. The Bertz CT molecular complexity index is 1100. The number of halogens is 2. The Hall–Kier alpha value is -2.90. The van der Waals surface area contributed by atoms with Crippen LogP contribution in [0, 0.1) is 5.82 Å². The fraction of sp³-hybridized carbons (Fsp3) is 0.0500.